The molecule has 1 fully saturated rings. The summed E-state index contributed by atoms with van der Waals surface area (Å²) in [6.45, 7) is 5.65. The Hall–Kier alpha value is -3.33. The van der Waals surface area contributed by atoms with Crippen LogP contribution in [-0.2, 0) is 11.3 Å². The van der Waals surface area contributed by atoms with Gasteiger partial charge in [-0.05, 0) is 30.7 Å². The van der Waals surface area contributed by atoms with E-state index in [4.69, 9.17) is 0 Å². The van der Waals surface area contributed by atoms with E-state index in [1.165, 1.54) is 17.4 Å². The molecule has 2 aromatic heterocycles. The van der Waals surface area contributed by atoms with E-state index in [2.05, 4.69) is 27.2 Å². The van der Waals surface area contributed by atoms with Crippen molar-refractivity contribution in [3.8, 4) is 0 Å². The quantitative estimate of drug-likeness (QED) is 0.410. The molecule has 0 spiro atoms. The highest BCUT2D eigenvalue weighted by atomic mass is 32.2. The Bertz CT molecular complexity index is 1340. The van der Waals surface area contributed by atoms with Crippen molar-refractivity contribution in [1.82, 2.24) is 24.1 Å². The monoisotopic (exact) mass is 462 g/mol. The third-order valence-corrected chi connectivity index (χ3v) is 6.92. The SMILES string of the molecule is CCCn1c(=O)c2ccccc2n2c(SCC(=O)N3CCN(c4ccccc4)CC3)nnc12. The van der Waals surface area contributed by atoms with Gasteiger partial charge >= 0.3 is 0 Å². The van der Waals surface area contributed by atoms with Gasteiger partial charge in [0.05, 0.1) is 16.7 Å². The first-order chi connectivity index (χ1) is 16.2. The molecule has 0 radical (unpaired) electrons. The standard InChI is InChI=1S/C24H26N6O2S/c1-2-12-29-22(32)19-10-6-7-11-20(19)30-23(29)25-26-24(30)33-17-21(31)28-15-13-27(14-16-28)18-8-4-3-5-9-18/h3-11H,2,12-17H2,1H3. The molecule has 0 bridgehead atoms. The van der Waals surface area contributed by atoms with Crippen LogP contribution in [0.4, 0.5) is 5.69 Å². The second kappa shape index (κ2) is 9.27. The minimum absolute atomic E-state index is 0.0590. The Morgan fingerprint density at radius 1 is 0.970 bits per heavy atom. The van der Waals surface area contributed by atoms with Crippen molar-refractivity contribution >= 4 is 40.0 Å². The summed E-state index contributed by atoms with van der Waals surface area (Å²) in [5.74, 6) is 0.899. The van der Waals surface area contributed by atoms with Crippen molar-refractivity contribution < 1.29 is 4.79 Å². The van der Waals surface area contributed by atoms with Crippen molar-refractivity contribution in [1.29, 1.82) is 0 Å². The van der Waals surface area contributed by atoms with Crippen LogP contribution in [0.5, 0.6) is 0 Å². The highest BCUT2D eigenvalue weighted by Crippen LogP contribution is 2.23. The van der Waals surface area contributed by atoms with Crippen molar-refractivity contribution in [3.05, 3.63) is 65.0 Å². The maximum Gasteiger partial charge on any atom is 0.262 e. The number of para-hydroxylation sites is 2. The zero-order chi connectivity index (χ0) is 22.8. The highest BCUT2D eigenvalue weighted by molar-refractivity contribution is 7.99. The summed E-state index contributed by atoms with van der Waals surface area (Å²) in [7, 11) is 0. The lowest BCUT2D eigenvalue weighted by Crippen LogP contribution is -2.49. The lowest BCUT2D eigenvalue weighted by Gasteiger charge is -2.36. The molecule has 0 saturated carbocycles. The maximum absolute atomic E-state index is 13.0. The van der Waals surface area contributed by atoms with E-state index in [1.54, 1.807) is 4.57 Å². The number of thioether (sulfide) groups is 1. The fourth-order valence-corrected chi connectivity index (χ4v) is 5.17. The number of fused-ring (bicyclic) bond motifs is 3. The number of nitrogens with zero attached hydrogens (tertiary/aromatic N) is 6. The van der Waals surface area contributed by atoms with Gasteiger partial charge in [0.1, 0.15) is 0 Å². The van der Waals surface area contributed by atoms with Gasteiger partial charge in [0.25, 0.3) is 5.56 Å². The highest BCUT2D eigenvalue weighted by Gasteiger charge is 2.23. The molecule has 4 aromatic rings. The van der Waals surface area contributed by atoms with Crippen LogP contribution in [0.3, 0.4) is 0 Å². The normalized spacial score (nSPS) is 14.3. The first kappa shape index (κ1) is 21.5. The summed E-state index contributed by atoms with van der Waals surface area (Å²) in [5.41, 5.74) is 1.90. The fourth-order valence-electron chi connectivity index (χ4n) is 4.32. The predicted molar refractivity (Wildman–Crippen MR) is 131 cm³/mol. The van der Waals surface area contributed by atoms with Gasteiger partial charge in [-0.3, -0.25) is 18.6 Å². The summed E-state index contributed by atoms with van der Waals surface area (Å²) in [4.78, 5) is 30.1. The van der Waals surface area contributed by atoms with Crippen LogP contribution in [0.25, 0.3) is 16.7 Å². The summed E-state index contributed by atoms with van der Waals surface area (Å²) >= 11 is 1.37. The maximum atomic E-state index is 13.0. The first-order valence-corrected chi connectivity index (χ1v) is 12.2. The minimum Gasteiger partial charge on any atom is -0.368 e. The molecule has 33 heavy (non-hydrogen) atoms. The van der Waals surface area contributed by atoms with Crippen LogP contribution in [0.2, 0.25) is 0 Å². The van der Waals surface area contributed by atoms with Gasteiger partial charge in [-0.1, -0.05) is 49.0 Å². The molecular formula is C24H26N6O2S. The Morgan fingerprint density at radius 2 is 1.70 bits per heavy atom. The number of anilines is 1. The number of hydrogen-bond acceptors (Lipinski definition) is 6. The molecule has 0 atom stereocenters. The molecule has 1 aliphatic rings. The average Bonchev–Trinajstić information content (AvgIpc) is 3.30. The number of carbonyl (C=O) groups excluding carboxylic acids is 1. The molecule has 1 amide bonds. The van der Waals surface area contributed by atoms with Gasteiger partial charge in [0.2, 0.25) is 11.7 Å². The zero-order valence-corrected chi connectivity index (χ0v) is 19.4. The Kier molecular flexibility index (Phi) is 6.04. The van der Waals surface area contributed by atoms with Crippen molar-refractivity contribution in [3.63, 3.8) is 0 Å². The molecule has 1 saturated heterocycles. The molecule has 3 heterocycles. The molecule has 170 valence electrons. The number of hydrogen-bond donors (Lipinski definition) is 0. The van der Waals surface area contributed by atoms with Gasteiger partial charge in [-0.15, -0.1) is 10.2 Å². The van der Waals surface area contributed by atoms with E-state index in [0.29, 0.717) is 36.0 Å². The molecule has 5 rings (SSSR count). The van der Waals surface area contributed by atoms with Crippen LogP contribution in [0, 0.1) is 0 Å². The van der Waals surface area contributed by atoms with Crippen molar-refractivity contribution in [2.75, 3.05) is 36.8 Å². The van der Waals surface area contributed by atoms with Gasteiger partial charge in [0, 0.05) is 38.4 Å². The zero-order valence-electron chi connectivity index (χ0n) is 18.6. The van der Waals surface area contributed by atoms with Crippen LogP contribution < -0.4 is 10.5 Å². The summed E-state index contributed by atoms with van der Waals surface area (Å²) < 4.78 is 3.57. The topological polar surface area (TPSA) is 75.7 Å². The second-order valence-corrected chi connectivity index (χ2v) is 9.03. The molecule has 0 aliphatic carbocycles. The number of amides is 1. The molecule has 9 heteroatoms. The van der Waals surface area contributed by atoms with E-state index in [-0.39, 0.29) is 17.2 Å². The molecule has 2 aromatic carbocycles. The number of carbonyl (C=O) groups is 1. The lowest BCUT2D eigenvalue weighted by atomic mass is 10.2. The lowest BCUT2D eigenvalue weighted by molar-refractivity contribution is -0.128. The number of rotatable bonds is 6. The van der Waals surface area contributed by atoms with E-state index >= 15 is 0 Å². The number of piperazine rings is 1. The Balaban J connectivity index is 1.33. The molecule has 8 nitrogen and oxygen atoms in total. The minimum atomic E-state index is -0.0590. The third-order valence-electron chi connectivity index (χ3n) is 6.00. The van der Waals surface area contributed by atoms with Gasteiger partial charge in [-0.2, -0.15) is 0 Å². The van der Waals surface area contributed by atoms with E-state index in [1.807, 2.05) is 58.7 Å². The summed E-state index contributed by atoms with van der Waals surface area (Å²) in [6.07, 6.45) is 0.816. The predicted octanol–water partition coefficient (Wildman–Crippen LogP) is 2.90. The van der Waals surface area contributed by atoms with E-state index < -0.39 is 0 Å². The largest absolute Gasteiger partial charge is 0.368 e. The van der Waals surface area contributed by atoms with Crippen LogP contribution in [-0.4, -0.2) is 61.9 Å². The van der Waals surface area contributed by atoms with Crippen LogP contribution in [0.1, 0.15) is 13.3 Å². The number of aryl methyl sites for hydroxylation is 1. The summed E-state index contributed by atoms with van der Waals surface area (Å²) in [5, 5.41) is 9.90. The molecule has 0 N–H and O–H groups in total. The number of aromatic nitrogens is 4. The molecule has 0 unspecified atom stereocenters. The molecular weight excluding hydrogens is 436 g/mol. The van der Waals surface area contributed by atoms with Gasteiger partial charge in [0.15, 0.2) is 5.16 Å². The fraction of sp³-hybridized carbons (Fsp3) is 0.333. The van der Waals surface area contributed by atoms with Crippen LogP contribution >= 0.6 is 11.8 Å². The smallest absolute Gasteiger partial charge is 0.262 e. The Labute approximate surface area is 195 Å². The van der Waals surface area contributed by atoms with Crippen molar-refractivity contribution in [2.45, 2.75) is 25.0 Å². The average molecular weight is 463 g/mol. The Morgan fingerprint density at radius 3 is 2.45 bits per heavy atom. The molecule has 1 aliphatic heterocycles. The van der Waals surface area contributed by atoms with Gasteiger partial charge < -0.3 is 9.80 Å². The van der Waals surface area contributed by atoms with Gasteiger partial charge in [-0.25, -0.2) is 0 Å². The van der Waals surface area contributed by atoms with E-state index in [9.17, 15) is 9.59 Å². The van der Waals surface area contributed by atoms with E-state index in [0.717, 1.165) is 25.0 Å². The number of benzene rings is 2. The second-order valence-electron chi connectivity index (χ2n) is 8.08. The van der Waals surface area contributed by atoms with Crippen LogP contribution in [0.15, 0.2) is 64.5 Å². The summed E-state index contributed by atoms with van der Waals surface area (Å²) in [6, 6.07) is 17.8. The first-order valence-electron chi connectivity index (χ1n) is 11.2. The van der Waals surface area contributed by atoms with Crippen molar-refractivity contribution in [2.24, 2.45) is 0 Å². The third kappa shape index (κ3) is 4.08.